The fourth-order valence-electron chi connectivity index (χ4n) is 0.932. The number of ether oxygens (including phenoxy) is 2. The molecule has 90 valence electrons. The molecule has 0 amide bonds. The third-order valence-electron chi connectivity index (χ3n) is 1.93. The molecule has 6 heteroatoms. The summed E-state index contributed by atoms with van der Waals surface area (Å²) in [5.41, 5.74) is 5.34. The number of likely N-dealkylation sites (N-methyl/N-ethyl adjacent to an activating group) is 1. The first-order valence-electron chi connectivity index (χ1n) is 4.92. The highest BCUT2D eigenvalue weighted by Gasteiger charge is 2.00. The van der Waals surface area contributed by atoms with Crippen molar-refractivity contribution in [1.29, 1.82) is 0 Å². The molecule has 0 fully saturated rings. The number of hydrogen-bond donors (Lipinski definition) is 2. The van der Waals surface area contributed by atoms with Crippen LogP contribution in [-0.4, -0.2) is 63.0 Å². The van der Waals surface area contributed by atoms with E-state index in [0.29, 0.717) is 26.2 Å². The van der Waals surface area contributed by atoms with Crippen LogP contribution < -0.4 is 5.73 Å². The molecule has 0 spiro atoms. The number of rotatable bonds is 9. The van der Waals surface area contributed by atoms with Crippen molar-refractivity contribution in [3.05, 3.63) is 0 Å². The molecule has 0 aromatic heterocycles. The van der Waals surface area contributed by atoms with Gasteiger partial charge in [-0.2, -0.15) is 0 Å². The average molecular weight is 219 g/mol. The van der Waals surface area contributed by atoms with Gasteiger partial charge in [0.15, 0.2) is 0 Å². The maximum Gasteiger partial charge on any atom is 0.140 e. The number of nitrogens with zero attached hydrogens (tertiary/aromatic N) is 2. The molecule has 0 atom stereocenters. The standard InChI is InChI=1S/C9H21N3O3/c1-12(4-3-9(10)11-13)5-6-15-8-7-14-2/h13H,3-8H2,1-2H3,(H2,10,11). The van der Waals surface area contributed by atoms with Gasteiger partial charge in [-0.1, -0.05) is 5.16 Å². The first-order chi connectivity index (χ1) is 7.20. The Hall–Kier alpha value is -0.850. The molecular weight excluding hydrogens is 198 g/mol. The topological polar surface area (TPSA) is 80.3 Å². The molecule has 0 bridgehead atoms. The van der Waals surface area contributed by atoms with Gasteiger partial charge in [0.1, 0.15) is 5.84 Å². The lowest BCUT2D eigenvalue weighted by molar-refractivity contribution is 0.0609. The minimum Gasteiger partial charge on any atom is -0.409 e. The van der Waals surface area contributed by atoms with E-state index < -0.39 is 0 Å². The van der Waals surface area contributed by atoms with Crippen molar-refractivity contribution in [3.63, 3.8) is 0 Å². The van der Waals surface area contributed by atoms with E-state index in [9.17, 15) is 0 Å². The zero-order valence-corrected chi connectivity index (χ0v) is 9.48. The first-order valence-corrected chi connectivity index (χ1v) is 4.92. The van der Waals surface area contributed by atoms with Crippen LogP contribution in [0.15, 0.2) is 5.16 Å². The molecule has 0 heterocycles. The van der Waals surface area contributed by atoms with Gasteiger partial charge in [0.05, 0.1) is 19.8 Å². The third-order valence-corrected chi connectivity index (χ3v) is 1.93. The van der Waals surface area contributed by atoms with Crippen molar-refractivity contribution in [3.8, 4) is 0 Å². The summed E-state index contributed by atoms with van der Waals surface area (Å²) in [6.45, 7) is 3.47. The van der Waals surface area contributed by atoms with E-state index in [-0.39, 0.29) is 5.84 Å². The van der Waals surface area contributed by atoms with Gasteiger partial charge < -0.3 is 25.3 Å². The van der Waals surface area contributed by atoms with E-state index in [1.165, 1.54) is 0 Å². The molecule has 0 saturated heterocycles. The Morgan fingerprint density at radius 2 is 2.07 bits per heavy atom. The van der Waals surface area contributed by atoms with Gasteiger partial charge in [-0.05, 0) is 7.05 Å². The average Bonchev–Trinajstić information content (AvgIpc) is 2.25. The molecule has 0 saturated carbocycles. The summed E-state index contributed by atoms with van der Waals surface area (Å²) in [5.74, 6) is 0.252. The maximum atomic E-state index is 8.33. The number of methoxy groups -OCH3 is 1. The van der Waals surface area contributed by atoms with Crippen molar-refractivity contribution in [1.82, 2.24) is 4.90 Å². The summed E-state index contributed by atoms with van der Waals surface area (Å²) < 4.78 is 10.1. The fourth-order valence-corrected chi connectivity index (χ4v) is 0.932. The SMILES string of the molecule is COCCOCCN(C)CCC(N)=NO. The Labute approximate surface area is 90.6 Å². The Morgan fingerprint density at radius 3 is 2.67 bits per heavy atom. The smallest absolute Gasteiger partial charge is 0.140 e. The molecule has 0 aromatic carbocycles. The number of oxime groups is 1. The normalized spacial score (nSPS) is 12.3. The fraction of sp³-hybridized carbons (Fsp3) is 0.889. The molecule has 0 aromatic rings. The molecular formula is C9H21N3O3. The number of nitrogens with two attached hydrogens (primary N) is 1. The molecule has 0 radical (unpaired) electrons. The first kappa shape index (κ1) is 14.2. The Morgan fingerprint density at radius 1 is 1.33 bits per heavy atom. The predicted octanol–water partition coefficient (Wildman–Crippen LogP) is -0.282. The second kappa shape index (κ2) is 9.70. The van der Waals surface area contributed by atoms with Gasteiger partial charge in [-0.3, -0.25) is 0 Å². The van der Waals surface area contributed by atoms with E-state index in [1.807, 2.05) is 7.05 Å². The van der Waals surface area contributed by atoms with E-state index in [0.717, 1.165) is 13.1 Å². The van der Waals surface area contributed by atoms with E-state index in [1.54, 1.807) is 7.11 Å². The highest BCUT2D eigenvalue weighted by Crippen LogP contribution is 1.88. The zero-order valence-electron chi connectivity index (χ0n) is 9.48. The van der Waals surface area contributed by atoms with Crippen LogP contribution in [0.4, 0.5) is 0 Å². The van der Waals surface area contributed by atoms with Gasteiger partial charge in [0.25, 0.3) is 0 Å². The summed E-state index contributed by atoms with van der Waals surface area (Å²) in [4.78, 5) is 2.06. The van der Waals surface area contributed by atoms with Gasteiger partial charge in [0.2, 0.25) is 0 Å². The van der Waals surface area contributed by atoms with Gasteiger partial charge >= 0.3 is 0 Å². The summed E-state index contributed by atoms with van der Waals surface area (Å²) in [5, 5.41) is 11.2. The quantitative estimate of drug-likeness (QED) is 0.183. The molecule has 15 heavy (non-hydrogen) atoms. The third kappa shape index (κ3) is 9.45. The van der Waals surface area contributed by atoms with E-state index in [4.69, 9.17) is 20.4 Å². The molecule has 6 nitrogen and oxygen atoms in total. The predicted molar refractivity (Wildman–Crippen MR) is 58.2 cm³/mol. The highest BCUT2D eigenvalue weighted by molar-refractivity contribution is 5.79. The summed E-state index contributed by atoms with van der Waals surface area (Å²) in [6, 6.07) is 0. The molecule has 0 unspecified atom stereocenters. The summed E-state index contributed by atoms with van der Waals surface area (Å²) >= 11 is 0. The Bertz CT molecular complexity index is 176. The van der Waals surface area contributed by atoms with Crippen molar-refractivity contribution in [2.24, 2.45) is 10.9 Å². The minimum atomic E-state index is 0.252. The van der Waals surface area contributed by atoms with Gasteiger partial charge in [-0.25, -0.2) is 0 Å². The lowest BCUT2D eigenvalue weighted by Gasteiger charge is -2.15. The molecule has 0 rings (SSSR count). The number of amidine groups is 1. The van der Waals surface area contributed by atoms with Crippen LogP contribution in [0.25, 0.3) is 0 Å². The highest BCUT2D eigenvalue weighted by atomic mass is 16.5. The van der Waals surface area contributed by atoms with Crippen LogP contribution >= 0.6 is 0 Å². The molecule has 0 aliphatic carbocycles. The second-order valence-corrected chi connectivity index (χ2v) is 3.25. The van der Waals surface area contributed by atoms with Crippen molar-refractivity contribution in [2.45, 2.75) is 6.42 Å². The summed E-state index contributed by atoms with van der Waals surface area (Å²) in [7, 11) is 3.61. The monoisotopic (exact) mass is 219 g/mol. The Kier molecular flexibility index (Phi) is 9.15. The number of hydrogen-bond acceptors (Lipinski definition) is 5. The van der Waals surface area contributed by atoms with Crippen LogP contribution in [0.5, 0.6) is 0 Å². The molecule has 0 aliphatic heterocycles. The largest absolute Gasteiger partial charge is 0.409 e. The lowest BCUT2D eigenvalue weighted by atomic mass is 10.4. The zero-order chi connectivity index (χ0) is 11.5. The minimum absolute atomic E-state index is 0.252. The van der Waals surface area contributed by atoms with E-state index >= 15 is 0 Å². The van der Waals surface area contributed by atoms with Crippen LogP contribution in [-0.2, 0) is 9.47 Å². The van der Waals surface area contributed by atoms with Crippen LogP contribution in [0, 0.1) is 0 Å². The molecule has 0 aliphatic rings. The van der Waals surface area contributed by atoms with Gasteiger partial charge in [0, 0.05) is 26.6 Å². The second-order valence-electron chi connectivity index (χ2n) is 3.25. The van der Waals surface area contributed by atoms with Crippen molar-refractivity contribution in [2.75, 3.05) is 47.1 Å². The van der Waals surface area contributed by atoms with Crippen molar-refractivity contribution >= 4 is 5.84 Å². The van der Waals surface area contributed by atoms with Gasteiger partial charge in [-0.15, -0.1) is 0 Å². The van der Waals surface area contributed by atoms with E-state index in [2.05, 4.69) is 10.1 Å². The van der Waals surface area contributed by atoms with Crippen LogP contribution in [0.1, 0.15) is 6.42 Å². The summed E-state index contributed by atoms with van der Waals surface area (Å²) in [6.07, 6.45) is 0.561. The Balaban J connectivity index is 3.29. The maximum absolute atomic E-state index is 8.33. The lowest BCUT2D eigenvalue weighted by Crippen LogP contribution is -2.28. The van der Waals surface area contributed by atoms with Crippen LogP contribution in [0.2, 0.25) is 0 Å². The molecule has 3 N–H and O–H groups in total. The van der Waals surface area contributed by atoms with Crippen molar-refractivity contribution < 1.29 is 14.7 Å². The van der Waals surface area contributed by atoms with Crippen LogP contribution in [0.3, 0.4) is 0 Å².